The lowest BCUT2D eigenvalue weighted by Crippen LogP contribution is -2.16. The topological polar surface area (TPSA) is 29.5 Å². The van der Waals surface area contributed by atoms with Crippen LogP contribution in [-0.4, -0.2) is 0 Å². The van der Waals surface area contributed by atoms with Gasteiger partial charge in [-0.1, -0.05) is 129 Å². The molecule has 3 heteroatoms. The summed E-state index contributed by atoms with van der Waals surface area (Å²) in [4.78, 5) is 2.37. The maximum absolute atomic E-state index is 6.60. The van der Waals surface area contributed by atoms with E-state index in [0.29, 0.717) is 0 Å². The molecule has 1 aliphatic rings. The Morgan fingerprint density at radius 3 is 1.76 bits per heavy atom. The number of hydrogen-bond donors (Lipinski definition) is 0. The monoisotopic (exact) mass is 693 g/mol. The molecule has 10 aromatic rings. The predicted molar refractivity (Wildman–Crippen MR) is 224 cm³/mol. The molecule has 256 valence electrons. The van der Waals surface area contributed by atoms with E-state index in [2.05, 4.69) is 189 Å². The summed E-state index contributed by atoms with van der Waals surface area (Å²) in [6.45, 7) is 4.68. The van der Waals surface area contributed by atoms with Gasteiger partial charge in [-0.05, 0) is 105 Å². The molecular weight excluding hydrogens is 659 g/mol. The molecule has 11 rings (SSSR count). The molecular formula is C51H35NO2. The van der Waals surface area contributed by atoms with Crippen LogP contribution in [0.15, 0.2) is 185 Å². The van der Waals surface area contributed by atoms with E-state index in [1.807, 2.05) is 6.07 Å². The van der Waals surface area contributed by atoms with E-state index < -0.39 is 0 Å². The van der Waals surface area contributed by atoms with E-state index >= 15 is 0 Å². The molecule has 0 amide bonds. The van der Waals surface area contributed by atoms with Crippen molar-refractivity contribution >= 4 is 60.9 Å². The molecule has 2 heterocycles. The Morgan fingerprint density at radius 2 is 0.944 bits per heavy atom. The van der Waals surface area contributed by atoms with E-state index in [9.17, 15) is 0 Å². The molecule has 0 aliphatic heterocycles. The van der Waals surface area contributed by atoms with Crippen molar-refractivity contribution in [2.45, 2.75) is 19.3 Å². The third kappa shape index (κ3) is 4.61. The van der Waals surface area contributed by atoms with Gasteiger partial charge in [-0.2, -0.15) is 0 Å². The minimum absolute atomic E-state index is 0.117. The Balaban J connectivity index is 1.09. The molecule has 0 saturated carbocycles. The zero-order valence-corrected chi connectivity index (χ0v) is 30.0. The van der Waals surface area contributed by atoms with Crippen molar-refractivity contribution in [2.24, 2.45) is 0 Å². The van der Waals surface area contributed by atoms with E-state index in [1.165, 1.54) is 33.4 Å². The Morgan fingerprint density at radius 1 is 0.370 bits per heavy atom. The second kappa shape index (κ2) is 11.6. The number of rotatable bonds is 5. The van der Waals surface area contributed by atoms with Crippen LogP contribution < -0.4 is 4.90 Å². The fourth-order valence-electron chi connectivity index (χ4n) is 8.79. The van der Waals surface area contributed by atoms with Gasteiger partial charge in [0.25, 0.3) is 0 Å². The van der Waals surface area contributed by atoms with E-state index in [1.54, 1.807) is 0 Å². The van der Waals surface area contributed by atoms with Gasteiger partial charge < -0.3 is 13.7 Å². The first-order valence-electron chi connectivity index (χ1n) is 18.6. The smallest absolute Gasteiger partial charge is 0.136 e. The number of benzene rings is 8. The predicted octanol–water partition coefficient (Wildman–Crippen LogP) is 14.6. The second-order valence-electron chi connectivity index (χ2n) is 14.9. The minimum atomic E-state index is -0.117. The summed E-state index contributed by atoms with van der Waals surface area (Å²) in [5.41, 5.74) is 16.6. The van der Waals surface area contributed by atoms with Gasteiger partial charge in [0.2, 0.25) is 0 Å². The van der Waals surface area contributed by atoms with Crippen LogP contribution in [-0.2, 0) is 5.41 Å². The van der Waals surface area contributed by atoms with Gasteiger partial charge in [0.1, 0.15) is 22.3 Å². The number of hydrogen-bond acceptors (Lipinski definition) is 3. The lowest BCUT2D eigenvalue weighted by Gasteiger charge is -2.28. The molecule has 0 bridgehead atoms. The van der Waals surface area contributed by atoms with Gasteiger partial charge in [-0.25, -0.2) is 0 Å². The minimum Gasteiger partial charge on any atom is -0.456 e. The van der Waals surface area contributed by atoms with Crippen LogP contribution in [0.2, 0.25) is 0 Å². The number of fused-ring (bicyclic) bond motifs is 9. The van der Waals surface area contributed by atoms with Crippen LogP contribution in [0.1, 0.15) is 25.0 Å². The normalized spacial score (nSPS) is 13.1. The highest BCUT2D eigenvalue weighted by Crippen LogP contribution is 2.51. The molecule has 3 nitrogen and oxygen atoms in total. The quantitative estimate of drug-likeness (QED) is 0.180. The Kier molecular flexibility index (Phi) is 6.60. The highest BCUT2D eigenvalue weighted by Gasteiger charge is 2.35. The van der Waals surface area contributed by atoms with E-state index in [0.717, 1.165) is 72.1 Å². The molecule has 0 atom stereocenters. The molecule has 2 aromatic heterocycles. The average molecular weight is 694 g/mol. The Labute approximate surface area is 313 Å². The zero-order chi connectivity index (χ0) is 36.0. The molecule has 8 aromatic carbocycles. The van der Waals surface area contributed by atoms with Crippen molar-refractivity contribution in [3.8, 4) is 33.4 Å². The molecule has 1 aliphatic carbocycles. The lowest BCUT2D eigenvalue weighted by molar-refractivity contribution is 0.660. The highest BCUT2D eigenvalue weighted by molar-refractivity contribution is 6.18. The first-order valence-corrected chi connectivity index (χ1v) is 18.6. The molecule has 0 N–H and O–H groups in total. The van der Waals surface area contributed by atoms with Gasteiger partial charge in [0, 0.05) is 44.0 Å². The van der Waals surface area contributed by atoms with Crippen LogP contribution in [0.5, 0.6) is 0 Å². The largest absolute Gasteiger partial charge is 0.456 e. The molecule has 0 unspecified atom stereocenters. The van der Waals surface area contributed by atoms with Gasteiger partial charge in [0.15, 0.2) is 0 Å². The fourth-order valence-corrected chi connectivity index (χ4v) is 8.79. The van der Waals surface area contributed by atoms with Crippen LogP contribution in [0.3, 0.4) is 0 Å². The third-order valence-electron chi connectivity index (χ3n) is 11.5. The maximum atomic E-state index is 6.60. The molecule has 0 radical (unpaired) electrons. The molecule has 0 fully saturated rings. The lowest BCUT2D eigenvalue weighted by atomic mass is 9.82. The van der Waals surface area contributed by atoms with Gasteiger partial charge >= 0.3 is 0 Å². The highest BCUT2D eigenvalue weighted by atomic mass is 16.3. The first-order chi connectivity index (χ1) is 26.5. The SMILES string of the molecule is CC1(C)c2ccccc2-c2ccc(N(c3ccc(-c4ccccc4)cc3)c3ccc4oc5cc6c(cc5c4c3)oc3cccc(-c4ccccc4)c36)cc21. The van der Waals surface area contributed by atoms with Gasteiger partial charge in [0.05, 0.1) is 0 Å². The molecule has 54 heavy (non-hydrogen) atoms. The summed E-state index contributed by atoms with van der Waals surface area (Å²) in [6.07, 6.45) is 0. The maximum Gasteiger partial charge on any atom is 0.136 e. The van der Waals surface area contributed by atoms with Crippen molar-refractivity contribution in [3.05, 3.63) is 187 Å². The third-order valence-corrected chi connectivity index (χ3v) is 11.5. The Bertz CT molecular complexity index is 3060. The summed E-state index contributed by atoms with van der Waals surface area (Å²) in [5.74, 6) is 0. The van der Waals surface area contributed by atoms with Crippen molar-refractivity contribution in [1.29, 1.82) is 0 Å². The van der Waals surface area contributed by atoms with Crippen molar-refractivity contribution in [1.82, 2.24) is 0 Å². The van der Waals surface area contributed by atoms with Crippen molar-refractivity contribution in [3.63, 3.8) is 0 Å². The van der Waals surface area contributed by atoms with Gasteiger partial charge in [-0.15, -0.1) is 0 Å². The number of anilines is 3. The molecule has 0 spiro atoms. The number of nitrogens with zero attached hydrogens (tertiary/aromatic N) is 1. The van der Waals surface area contributed by atoms with Crippen molar-refractivity contribution < 1.29 is 8.83 Å². The number of furan rings is 2. The standard InChI is InChI=1S/C51H35NO2/c1-51(2)44-18-10-9-16-39(44)40-26-24-37(29-45(40)51)52(35-22-20-33(21-23-35)32-12-5-3-6-13-32)36-25-27-46-41(28-36)42-30-49-43(31-48(42)53-46)50-38(17-11-19-47(50)54-49)34-14-7-4-8-15-34/h3-31H,1-2H3. The Hall–Kier alpha value is -6.84. The second-order valence-corrected chi connectivity index (χ2v) is 14.9. The van der Waals surface area contributed by atoms with Crippen LogP contribution in [0.4, 0.5) is 17.1 Å². The van der Waals surface area contributed by atoms with E-state index in [4.69, 9.17) is 8.83 Å². The summed E-state index contributed by atoms with van der Waals surface area (Å²) in [5, 5.41) is 4.24. The molecule has 0 saturated heterocycles. The zero-order valence-electron chi connectivity index (χ0n) is 30.0. The summed E-state index contributed by atoms with van der Waals surface area (Å²) in [6, 6.07) is 62.9. The van der Waals surface area contributed by atoms with Gasteiger partial charge in [-0.3, -0.25) is 0 Å². The van der Waals surface area contributed by atoms with Crippen LogP contribution >= 0.6 is 0 Å². The summed E-state index contributed by atoms with van der Waals surface area (Å²) < 4.78 is 13.1. The van der Waals surface area contributed by atoms with E-state index in [-0.39, 0.29) is 5.41 Å². The van der Waals surface area contributed by atoms with Crippen LogP contribution in [0, 0.1) is 0 Å². The summed E-state index contributed by atoms with van der Waals surface area (Å²) >= 11 is 0. The van der Waals surface area contributed by atoms with Crippen molar-refractivity contribution in [2.75, 3.05) is 4.90 Å². The fraction of sp³-hybridized carbons (Fsp3) is 0.0588. The first kappa shape index (κ1) is 30.8. The summed E-state index contributed by atoms with van der Waals surface area (Å²) in [7, 11) is 0. The van der Waals surface area contributed by atoms with Crippen LogP contribution in [0.25, 0.3) is 77.3 Å². The average Bonchev–Trinajstić information content (AvgIpc) is 3.84.